The van der Waals surface area contributed by atoms with Crippen molar-refractivity contribution < 1.29 is 4.74 Å². The van der Waals surface area contributed by atoms with Gasteiger partial charge in [0.2, 0.25) is 0 Å². The number of pyridine rings is 1. The summed E-state index contributed by atoms with van der Waals surface area (Å²) in [6.45, 7) is 5.52. The molecule has 3 nitrogen and oxygen atoms in total. The lowest BCUT2D eigenvalue weighted by molar-refractivity contribution is -0.0431. The fourth-order valence-electron chi connectivity index (χ4n) is 1.72. The monoisotopic (exact) mass is 222 g/mol. The van der Waals surface area contributed by atoms with Crippen LogP contribution in [0.2, 0.25) is 0 Å². The quantitative estimate of drug-likeness (QED) is 0.769. The minimum absolute atomic E-state index is 0.144. The van der Waals surface area contributed by atoms with Crippen LogP contribution in [-0.4, -0.2) is 23.7 Å². The molecule has 0 atom stereocenters. The lowest BCUT2D eigenvalue weighted by atomic mass is 9.97. The SMILES string of the molecule is CCC(CC)(CN)OCCc1ccccn1. The van der Waals surface area contributed by atoms with Gasteiger partial charge in [-0.15, -0.1) is 0 Å². The molecule has 0 bridgehead atoms. The van der Waals surface area contributed by atoms with Gasteiger partial charge in [-0.2, -0.15) is 0 Å². The van der Waals surface area contributed by atoms with Crippen LogP contribution in [0.15, 0.2) is 24.4 Å². The maximum atomic E-state index is 5.92. The summed E-state index contributed by atoms with van der Waals surface area (Å²) in [7, 11) is 0. The second kappa shape index (κ2) is 6.61. The Hall–Kier alpha value is -0.930. The lowest BCUT2D eigenvalue weighted by Gasteiger charge is -2.30. The van der Waals surface area contributed by atoms with E-state index in [2.05, 4.69) is 18.8 Å². The van der Waals surface area contributed by atoms with Crippen molar-refractivity contribution in [1.29, 1.82) is 0 Å². The van der Waals surface area contributed by atoms with Crippen LogP contribution in [0.25, 0.3) is 0 Å². The maximum absolute atomic E-state index is 5.92. The summed E-state index contributed by atoms with van der Waals surface area (Å²) in [5.41, 5.74) is 6.69. The van der Waals surface area contributed by atoms with Crippen molar-refractivity contribution in [3.63, 3.8) is 0 Å². The Morgan fingerprint density at radius 2 is 2.06 bits per heavy atom. The Labute approximate surface area is 98.0 Å². The summed E-state index contributed by atoms with van der Waals surface area (Å²) < 4.78 is 5.92. The molecule has 2 N–H and O–H groups in total. The molecule has 1 aromatic heterocycles. The van der Waals surface area contributed by atoms with Crippen LogP contribution in [0.3, 0.4) is 0 Å². The van der Waals surface area contributed by atoms with E-state index in [1.54, 1.807) is 0 Å². The van der Waals surface area contributed by atoms with E-state index < -0.39 is 0 Å². The van der Waals surface area contributed by atoms with E-state index in [4.69, 9.17) is 10.5 Å². The van der Waals surface area contributed by atoms with E-state index in [-0.39, 0.29) is 5.60 Å². The second-order valence-electron chi connectivity index (χ2n) is 4.01. The Balaban J connectivity index is 2.39. The summed E-state index contributed by atoms with van der Waals surface area (Å²) in [6, 6.07) is 5.94. The number of ether oxygens (including phenoxy) is 1. The average Bonchev–Trinajstić information content (AvgIpc) is 2.37. The van der Waals surface area contributed by atoms with Crippen LogP contribution in [0, 0.1) is 0 Å². The van der Waals surface area contributed by atoms with Gasteiger partial charge in [-0.05, 0) is 25.0 Å². The van der Waals surface area contributed by atoms with E-state index in [1.807, 2.05) is 24.4 Å². The molecule has 0 spiro atoms. The van der Waals surface area contributed by atoms with Gasteiger partial charge in [0.25, 0.3) is 0 Å². The normalized spacial score (nSPS) is 11.7. The predicted octanol–water partition coefficient (Wildman–Crippen LogP) is 2.16. The predicted molar refractivity (Wildman–Crippen MR) is 66.3 cm³/mol. The molecule has 0 saturated carbocycles. The van der Waals surface area contributed by atoms with Crippen molar-refractivity contribution in [2.75, 3.05) is 13.2 Å². The van der Waals surface area contributed by atoms with Gasteiger partial charge >= 0.3 is 0 Å². The molecule has 0 unspecified atom stereocenters. The molecule has 16 heavy (non-hydrogen) atoms. The Morgan fingerprint density at radius 1 is 1.31 bits per heavy atom. The van der Waals surface area contributed by atoms with Crippen molar-refractivity contribution in [3.05, 3.63) is 30.1 Å². The van der Waals surface area contributed by atoms with Crippen molar-refractivity contribution in [1.82, 2.24) is 4.98 Å². The van der Waals surface area contributed by atoms with Gasteiger partial charge in [0.1, 0.15) is 0 Å². The smallest absolute Gasteiger partial charge is 0.0799 e. The molecule has 0 amide bonds. The van der Waals surface area contributed by atoms with Crippen molar-refractivity contribution in [2.24, 2.45) is 5.73 Å². The van der Waals surface area contributed by atoms with Crippen molar-refractivity contribution in [3.8, 4) is 0 Å². The van der Waals surface area contributed by atoms with Crippen LogP contribution in [-0.2, 0) is 11.2 Å². The molecular formula is C13H22N2O. The number of hydrogen-bond acceptors (Lipinski definition) is 3. The summed E-state index contributed by atoms with van der Waals surface area (Å²) in [5, 5.41) is 0. The molecule has 0 radical (unpaired) electrons. The number of nitrogens with zero attached hydrogens (tertiary/aromatic N) is 1. The molecule has 0 aliphatic carbocycles. The average molecular weight is 222 g/mol. The molecule has 0 saturated heterocycles. The first-order valence-electron chi connectivity index (χ1n) is 6.00. The van der Waals surface area contributed by atoms with Crippen LogP contribution >= 0.6 is 0 Å². The first-order chi connectivity index (χ1) is 7.76. The third-order valence-electron chi connectivity index (χ3n) is 3.15. The minimum Gasteiger partial charge on any atom is -0.373 e. The minimum atomic E-state index is -0.144. The van der Waals surface area contributed by atoms with E-state index >= 15 is 0 Å². The summed E-state index contributed by atoms with van der Waals surface area (Å²) in [6.07, 6.45) is 4.58. The summed E-state index contributed by atoms with van der Waals surface area (Å²) in [4.78, 5) is 4.26. The third kappa shape index (κ3) is 3.58. The van der Waals surface area contributed by atoms with Gasteiger partial charge in [0.05, 0.1) is 12.2 Å². The largest absolute Gasteiger partial charge is 0.373 e. The molecular weight excluding hydrogens is 200 g/mol. The van der Waals surface area contributed by atoms with Crippen LogP contribution in [0.1, 0.15) is 32.4 Å². The summed E-state index contributed by atoms with van der Waals surface area (Å²) in [5.74, 6) is 0. The van der Waals surface area contributed by atoms with Crippen molar-refractivity contribution >= 4 is 0 Å². The molecule has 1 rings (SSSR count). The van der Waals surface area contributed by atoms with Gasteiger partial charge in [0.15, 0.2) is 0 Å². The van der Waals surface area contributed by atoms with E-state index in [0.29, 0.717) is 13.2 Å². The fourth-order valence-corrected chi connectivity index (χ4v) is 1.72. The van der Waals surface area contributed by atoms with E-state index in [1.165, 1.54) is 0 Å². The van der Waals surface area contributed by atoms with Gasteiger partial charge in [0, 0.05) is 24.9 Å². The molecule has 1 heterocycles. The number of nitrogens with two attached hydrogens (primary N) is 1. The standard InChI is InChI=1S/C13H22N2O/c1-3-13(4-2,11-14)16-10-8-12-7-5-6-9-15-12/h5-7,9H,3-4,8,10-11,14H2,1-2H3. The van der Waals surface area contributed by atoms with Gasteiger partial charge in [-0.1, -0.05) is 19.9 Å². The molecule has 0 aromatic carbocycles. The first kappa shape index (κ1) is 13.1. The van der Waals surface area contributed by atoms with E-state index in [9.17, 15) is 0 Å². The maximum Gasteiger partial charge on any atom is 0.0799 e. The number of aromatic nitrogens is 1. The molecule has 0 aliphatic heterocycles. The van der Waals surface area contributed by atoms with E-state index in [0.717, 1.165) is 25.0 Å². The van der Waals surface area contributed by atoms with Crippen molar-refractivity contribution in [2.45, 2.75) is 38.7 Å². The van der Waals surface area contributed by atoms with Crippen LogP contribution in [0.5, 0.6) is 0 Å². The zero-order valence-corrected chi connectivity index (χ0v) is 10.3. The van der Waals surface area contributed by atoms with Gasteiger partial charge in [-0.25, -0.2) is 0 Å². The van der Waals surface area contributed by atoms with Gasteiger partial charge < -0.3 is 10.5 Å². The summed E-state index contributed by atoms with van der Waals surface area (Å²) >= 11 is 0. The highest BCUT2D eigenvalue weighted by Crippen LogP contribution is 2.19. The molecule has 90 valence electrons. The Morgan fingerprint density at radius 3 is 2.56 bits per heavy atom. The Kier molecular flexibility index (Phi) is 5.43. The molecule has 1 aromatic rings. The fraction of sp³-hybridized carbons (Fsp3) is 0.615. The lowest BCUT2D eigenvalue weighted by Crippen LogP contribution is -2.40. The second-order valence-corrected chi connectivity index (χ2v) is 4.01. The topological polar surface area (TPSA) is 48.1 Å². The van der Waals surface area contributed by atoms with Crippen LogP contribution < -0.4 is 5.73 Å². The zero-order valence-electron chi connectivity index (χ0n) is 10.3. The highest BCUT2D eigenvalue weighted by Gasteiger charge is 2.24. The first-order valence-corrected chi connectivity index (χ1v) is 6.00. The van der Waals surface area contributed by atoms with Crippen LogP contribution in [0.4, 0.5) is 0 Å². The highest BCUT2D eigenvalue weighted by atomic mass is 16.5. The molecule has 0 fully saturated rings. The highest BCUT2D eigenvalue weighted by molar-refractivity contribution is 5.03. The van der Waals surface area contributed by atoms with Gasteiger partial charge in [-0.3, -0.25) is 4.98 Å². The Bertz CT molecular complexity index is 275. The number of rotatable bonds is 7. The number of hydrogen-bond donors (Lipinski definition) is 1. The molecule has 0 aliphatic rings. The zero-order chi connectivity index (χ0) is 11.9. The molecule has 3 heteroatoms. The third-order valence-corrected chi connectivity index (χ3v) is 3.15.